The van der Waals surface area contributed by atoms with Crippen molar-refractivity contribution in [1.29, 1.82) is 0 Å². The summed E-state index contributed by atoms with van der Waals surface area (Å²) in [5.74, 6) is 0. The molecule has 0 aromatic heterocycles. The van der Waals surface area contributed by atoms with Gasteiger partial charge in [0.25, 0.3) is 0 Å². The van der Waals surface area contributed by atoms with Gasteiger partial charge in [0.15, 0.2) is 0 Å². The van der Waals surface area contributed by atoms with E-state index in [2.05, 4.69) is 56.1 Å². The molecule has 0 radical (unpaired) electrons. The van der Waals surface area contributed by atoms with Gasteiger partial charge < -0.3 is 0 Å². The number of alkyl halides is 6. The Kier molecular flexibility index (Phi) is 6.70. The normalized spacial score (nSPS) is 14.1. The maximum Gasteiger partial charge on any atom is 0.417 e. The Hall–Kier alpha value is -4.14. The Labute approximate surface area is 283 Å². The lowest BCUT2D eigenvalue weighted by Crippen LogP contribution is -2.26. The highest BCUT2D eigenvalue weighted by molar-refractivity contribution is 9.10. The molecule has 6 aromatic rings. The van der Waals surface area contributed by atoms with E-state index >= 15 is 0 Å². The monoisotopic (exact) mass is 760 g/mol. The number of fused-ring (bicyclic) bond motifs is 10. The zero-order valence-corrected chi connectivity index (χ0v) is 27.2. The minimum atomic E-state index is -4.54. The van der Waals surface area contributed by atoms with E-state index in [9.17, 15) is 26.3 Å². The van der Waals surface area contributed by atoms with Gasteiger partial charge in [-0.15, -0.1) is 0 Å². The molecule has 8 heteroatoms. The topological polar surface area (TPSA) is 0 Å². The third kappa shape index (κ3) is 4.48. The van der Waals surface area contributed by atoms with Gasteiger partial charge in [-0.1, -0.05) is 117 Å². The van der Waals surface area contributed by atoms with E-state index in [-0.39, 0.29) is 8.95 Å². The molecule has 0 atom stereocenters. The van der Waals surface area contributed by atoms with Gasteiger partial charge in [-0.25, -0.2) is 0 Å². The molecule has 0 nitrogen and oxygen atoms in total. The van der Waals surface area contributed by atoms with Crippen LogP contribution in [0.25, 0.3) is 44.5 Å². The van der Waals surface area contributed by atoms with Crippen molar-refractivity contribution in [3.8, 4) is 44.5 Å². The molecule has 0 N–H and O–H groups in total. The second kappa shape index (κ2) is 10.4. The molecular formula is C39H20Br2F6. The minimum Gasteiger partial charge on any atom is -0.166 e. The molecular weight excluding hydrogens is 742 g/mol. The van der Waals surface area contributed by atoms with Gasteiger partial charge in [-0.2, -0.15) is 26.3 Å². The maximum atomic E-state index is 13.9. The fourth-order valence-corrected chi connectivity index (χ4v) is 8.29. The second-order valence-corrected chi connectivity index (χ2v) is 13.5. The average Bonchev–Trinajstić information content (AvgIpc) is 3.51. The first-order chi connectivity index (χ1) is 22.4. The fourth-order valence-electron chi connectivity index (χ4n) is 7.34. The van der Waals surface area contributed by atoms with Crippen molar-refractivity contribution in [1.82, 2.24) is 0 Å². The molecule has 0 bridgehead atoms. The summed E-state index contributed by atoms with van der Waals surface area (Å²) in [5, 5.41) is 0. The predicted octanol–water partition coefficient (Wildman–Crippen LogP) is 12.9. The van der Waals surface area contributed by atoms with Crippen LogP contribution in [-0.4, -0.2) is 0 Å². The van der Waals surface area contributed by atoms with Crippen molar-refractivity contribution < 1.29 is 26.3 Å². The van der Waals surface area contributed by atoms with Crippen molar-refractivity contribution in [2.45, 2.75) is 17.8 Å². The molecule has 2 aliphatic carbocycles. The Balaban J connectivity index is 1.42. The molecule has 1 spiro atoms. The lowest BCUT2D eigenvalue weighted by atomic mass is 9.70. The molecule has 0 saturated carbocycles. The summed E-state index contributed by atoms with van der Waals surface area (Å²) in [6, 6.07) is 36.1. The second-order valence-electron chi connectivity index (χ2n) is 11.7. The van der Waals surface area contributed by atoms with Gasteiger partial charge >= 0.3 is 12.4 Å². The van der Waals surface area contributed by atoms with E-state index in [1.165, 1.54) is 12.1 Å². The first-order valence-electron chi connectivity index (χ1n) is 14.6. The Morgan fingerprint density at radius 2 is 0.723 bits per heavy atom. The highest BCUT2D eigenvalue weighted by atomic mass is 79.9. The first-order valence-corrected chi connectivity index (χ1v) is 16.2. The van der Waals surface area contributed by atoms with Crippen LogP contribution < -0.4 is 0 Å². The summed E-state index contributed by atoms with van der Waals surface area (Å²) in [4.78, 5) is 0. The van der Waals surface area contributed by atoms with Crippen molar-refractivity contribution in [3.05, 3.63) is 164 Å². The molecule has 0 unspecified atom stereocenters. The fraction of sp³-hybridized carbons (Fsp3) is 0.0769. The van der Waals surface area contributed by atoms with Crippen LogP contribution in [0.3, 0.4) is 0 Å². The zero-order valence-electron chi connectivity index (χ0n) is 24.1. The number of rotatable bonds is 2. The van der Waals surface area contributed by atoms with E-state index in [1.54, 1.807) is 12.1 Å². The van der Waals surface area contributed by atoms with Crippen LogP contribution in [0, 0.1) is 0 Å². The largest absolute Gasteiger partial charge is 0.417 e. The molecule has 0 aliphatic heterocycles. The summed E-state index contributed by atoms with van der Waals surface area (Å²) in [6.45, 7) is 0. The molecule has 0 saturated heterocycles. The van der Waals surface area contributed by atoms with E-state index < -0.39 is 28.9 Å². The predicted molar refractivity (Wildman–Crippen MR) is 179 cm³/mol. The molecule has 232 valence electrons. The smallest absolute Gasteiger partial charge is 0.166 e. The Bertz CT molecular complexity index is 2100. The third-order valence-electron chi connectivity index (χ3n) is 9.30. The summed E-state index contributed by atoms with van der Waals surface area (Å²) < 4.78 is 83.4. The van der Waals surface area contributed by atoms with Crippen LogP contribution in [0.1, 0.15) is 33.4 Å². The van der Waals surface area contributed by atoms with Crippen molar-refractivity contribution in [3.63, 3.8) is 0 Å². The summed E-state index contributed by atoms with van der Waals surface area (Å²) >= 11 is 6.11. The first kappa shape index (κ1) is 30.2. The summed E-state index contributed by atoms with van der Waals surface area (Å²) in [7, 11) is 0. The van der Waals surface area contributed by atoms with Crippen LogP contribution in [0.15, 0.2) is 130 Å². The lowest BCUT2D eigenvalue weighted by Gasteiger charge is -2.31. The van der Waals surface area contributed by atoms with Crippen LogP contribution in [-0.2, 0) is 17.8 Å². The van der Waals surface area contributed by atoms with Gasteiger partial charge in [-0.3, -0.25) is 0 Å². The number of hydrogen-bond donors (Lipinski definition) is 0. The minimum absolute atomic E-state index is 0.0356. The maximum absolute atomic E-state index is 13.9. The van der Waals surface area contributed by atoms with E-state index in [0.717, 1.165) is 56.6 Å². The standard InChI is InChI=1S/C39H20Br2F6/c40-35-15-11-23(19-33(35)38(42,43)44)21-9-13-27-28-14-10-22(24-12-16-36(41)34(20-24)39(45,46)47)18-32(28)37(31(27)17-21)29-7-3-1-5-25(29)26-6-2-4-8-30(26)37/h1-20H. The highest BCUT2D eigenvalue weighted by Crippen LogP contribution is 2.63. The van der Waals surface area contributed by atoms with Gasteiger partial charge in [0.05, 0.1) is 16.5 Å². The number of hydrogen-bond acceptors (Lipinski definition) is 0. The van der Waals surface area contributed by atoms with Gasteiger partial charge in [-0.05, 0) is 103 Å². The van der Waals surface area contributed by atoms with Crippen molar-refractivity contribution in [2.75, 3.05) is 0 Å². The van der Waals surface area contributed by atoms with E-state index in [1.807, 2.05) is 60.7 Å². The van der Waals surface area contributed by atoms with E-state index in [4.69, 9.17) is 0 Å². The molecule has 0 fully saturated rings. The van der Waals surface area contributed by atoms with Crippen LogP contribution >= 0.6 is 31.9 Å². The molecule has 2 aliphatic rings. The highest BCUT2D eigenvalue weighted by Gasteiger charge is 2.51. The molecule has 8 rings (SSSR count). The van der Waals surface area contributed by atoms with Crippen LogP contribution in [0.5, 0.6) is 0 Å². The van der Waals surface area contributed by atoms with Gasteiger partial charge in [0.2, 0.25) is 0 Å². The van der Waals surface area contributed by atoms with Gasteiger partial charge in [0.1, 0.15) is 0 Å². The van der Waals surface area contributed by atoms with Crippen molar-refractivity contribution >= 4 is 31.9 Å². The number of halogens is 8. The van der Waals surface area contributed by atoms with E-state index in [0.29, 0.717) is 22.3 Å². The Morgan fingerprint density at radius 3 is 1.13 bits per heavy atom. The summed E-state index contributed by atoms with van der Waals surface area (Å²) in [5.41, 5.74) is 7.44. The Morgan fingerprint density at radius 1 is 0.383 bits per heavy atom. The van der Waals surface area contributed by atoms with Gasteiger partial charge in [0, 0.05) is 8.95 Å². The third-order valence-corrected chi connectivity index (χ3v) is 10.7. The van der Waals surface area contributed by atoms with Crippen molar-refractivity contribution in [2.24, 2.45) is 0 Å². The molecule has 47 heavy (non-hydrogen) atoms. The molecule has 6 aromatic carbocycles. The number of benzene rings is 6. The van der Waals surface area contributed by atoms with Crippen LogP contribution in [0.2, 0.25) is 0 Å². The SMILES string of the molecule is FC(F)(F)c1cc(-c2ccc3c(c2)C2(c4ccccc4-c4ccccc42)c2cc(-c4ccc(Br)c(C(F)(F)F)c4)ccc2-3)ccc1Br. The van der Waals surface area contributed by atoms with Crippen LogP contribution in [0.4, 0.5) is 26.3 Å². The molecule has 0 amide bonds. The average molecular weight is 762 g/mol. The zero-order chi connectivity index (χ0) is 32.9. The lowest BCUT2D eigenvalue weighted by molar-refractivity contribution is -0.139. The quantitative estimate of drug-likeness (QED) is 0.154. The summed E-state index contributed by atoms with van der Waals surface area (Å²) in [6.07, 6.45) is -9.08. The molecule has 0 heterocycles.